The molecule has 2 unspecified atom stereocenters. The Balaban J connectivity index is 1.90. The normalized spacial score (nSPS) is 20.4. The van der Waals surface area contributed by atoms with Crippen molar-refractivity contribution in [3.8, 4) is 0 Å². The van der Waals surface area contributed by atoms with E-state index < -0.39 is 11.6 Å². The molecule has 1 aromatic carbocycles. The second-order valence-corrected chi connectivity index (χ2v) is 5.28. The number of hydrogen-bond donors (Lipinski definition) is 1. The zero-order chi connectivity index (χ0) is 15.1. The molecule has 2 atom stereocenters. The highest BCUT2D eigenvalue weighted by molar-refractivity contribution is 5.22. The van der Waals surface area contributed by atoms with Crippen molar-refractivity contribution in [2.24, 2.45) is 0 Å². The molecule has 0 spiro atoms. The molecule has 1 aliphatic rings. The highest BCUT2D eigenvalue weighted by Crippen LogP contribution is 2.20. The van der Waals surface area contributed by atoms with E-state index in [1.54, 1.807) is 6.07 Å². The maximum atomic E-state index is 13.9. The Labute approximate surface area is 124 Å². The van der Waals surface area contributed by atoms with Gasteiger partial charge in [0.05, 0.1) is 25.4 Å². The molecule has 118 valence electrons. The molecule has 2 rings (SSSR count). The maximum absolute atomic E-state index is 13.9. The fourth-order valence-electron chi connectivity index (χ4n) is 2.55. The van der Waals surface area contributed by atoms with Crippen LogP contribution in [0.4, 0.5) is 8.78 Å². The van der Waals surface area contributed by atoms with Crippen LogP contribution in [0.25, 0.3) is 0 Å². The zero-order valence-corrected chi connectivity index (χ0v) is 12.4. The van der Waals surface area contributed by atoms with Crippen LogP contribution in [0.2, 0.25) is 0 Å². The second-order valence-electron chi connectivity index (χ2n) is 5.28. The molecule has 21 heavy (non-hydrogen) atoms. The van der Waals surface area contributed by atoms with Gasteiger partial charge in [-0.2, -0.15) is 0 Å². The number of ether oxygens (including phenoxy) is 2. The van der Waals surface area contributed by atoms with Gasteiger partial charge in [-0.15, -0.1) is 0 Å². The van der Waals surface area contributed by atoms with Gasteiger partial charge in [-0.1, -0.05) is 19.1 Å². The minimum Gasteiger partial charge on any atom is -0.377 e. The highest BCUT2D eigenvalue weighted by atomic mass is 19.2. The molecule has 0 bridgehead atoms. The summed E-state index contributed by atoms with van der Waals surface area (Å²) in [5.74, 6) is -1.63. The van der Waals surface area contributed by atoms with E-state index in [0.29, 0.717) is 25.3 Å². The molecular formula is C16H23F2NO2. The SMILES string of the molecule is CCNC(COCC1CCCCO1)c1cccc(F)c1F. The van der Waals surface area contributed by atoms with Crippen LogP contribution in [0.1, 0.15) is 37.8 Å². The first-order valence-corrected chi connectivity index (χ1v) is 7.59. The minimum atomic E-state index is -0.828. The molecule has 0 saturated carbocycles. The summed E-state index contributed by atoms with van der Waals surface area (Å²) < 4.78 is 38.4. The van der Waals surface area contributed by atoms with Gasteiger partial charge in [-0.3, -0.25) is 0 Å². The standard InChI is InChI=1S/C16H23F2NO2/c1-2-19-15(13-7-5-8-14(17)16(13)18)11-20-10-12-6-3-4-9-21-12/h5,7-8,12,15,19H,2-4,6,9-11H2,1H3. The molecule has 0 amide bonds. The van der Waals surface area contributed by atoms with Crippen LogP contribution < -0.4 is 5.32 Å². The van der Waals surface area contributed by atoms with Crippen molar-refractivity contribution >= 4 is 0 Å². The van der Waals surface area contributed by atoms with Crippen molar-refractivity contribution in [1.29, 1.82) is 0 Å². The Morgan fingerprint density at radius 1 is 1.38 bits per heavy atom. The first-order valence-electron chi connectivity index (χ1n) is 7.59. The summed E-state index contributed by atoms with van der Waals surface area (Å²) in [7, 11) is 0. The van der Waals surface area contributed by atoms with Crippen LogP contribution in [0.15, 0.2) is 18.2 Å². The average Bonchev–Trinajstić information content (AvgIpc) is 2.50. The van der Waals surface area contributed by atoms with E-state index >= 15 is 0 Å². The summed E-state index contributed by atoms with van der Waals surface area (Å²) in [5.41, 5.74) is 0.307. The van der Waals surface area contributed by atoms with E-state index in [0.717, 1.165) is 31.9 Å². The van der Waals surface area contributed by atoms with Gasteiger partial charge in [0.1, 0.15) is 0 Å². The van der Waals surface area contributed by atoms with Crippen LogP contribution >= 0.6 is 0 Å². The number of hydrogen-bond acceptors (Lipinski definition) is 3. The van der Waals surface area contributed by atoms with E-state index in [1.165, 1.54) is 6.07 Å². The van der Waals surface area contributed by atoms with Gasteiger partial charge in [0.15, 0.2) is 11.6 Å². The first kappa shape index (κ1) is 16.3. The third-order valence-electron chi connectivity index (χ3n) is 3.67. The molecule has 1 N–H and O–H groups in total. The van der Waals surface area contributed by atoms with Gasteiger partial charge in [0, 0.05) is 12.2 Å². The van der Waals surface area contributed by atoms with Gasteiger partial charge in [-0.05, 0) is 31.9 Å². The smallest absolute Gasteiger partial charge is 0.163 e. The van der Waals surface area contributed by atoms with Crippen LogP contribution in [-0.2, 0) is 9.47 Å². The van der Waals surface area contributed by atoms with Gasteiger partial charge in [0.2, 0.25) is 0 Å². The lowest BCUT2D eigenvalue weighted by molar-refractivity contribution is -0.0443. The van der Waals surface area contributed by atoms with Crippen LogP contribution in [0.3, 0.4) is 0 Å². The number of rotatable bonds is 7. The molecule has 0 aliphatic carbocycles. The fourth-order valence-corrected chi connectivity index (χ4v) is 2.55. The Morgan fingerprint density at radius 3 is 2.95 bits per heavy atom. The highest BCUT2D eigenvalue weighted by Gasteiger charge is 2.19. The molecule has 1 saturated heterocycles. The first-order chi connectivity index (χ1) is 10.2. The Hall–Kier alpha value is -1.04. The van der Waals surface area contributed by atoms with Gasteiger partial charge in [-0.25, -0.2) is 8.78 Å². The third kappa shape index (κ3) is 4.73. The molecule has 0 aromatic heterocycles. The molecule has 1 aromatic rings. The largest absolute Gasteiger partial charge is 0.377 e. The quantitative estimate of drug-likeness (QED) is 0.838. The summed E-state index contributed by atoms with van der Waals surface area (Å²) in [5, 5.41) is 3.13. The Morgan fingerprint density at radius 2 is 2.24 bits per heavy atom. The summed E-state index contributed by atoms with van der Waals surface area (Å²) >= 11 is 0. The predicted molar refractivity (Wildman–Crippen MR) is 77.2 cm³/mol. The number of halogens is 2. The van der Waals surface area contributed by atoms with Crippen LogP contribution in [0, 0.1) is 11.6 Å². The van der Waals surface area contributed by atoms with Crippen molar-refractivity contribution in [2.75, 3.05) is 26.4 Å². The van der Waals surface area contributed by atoms with Gasteiger partial charge in [0.25, 0.3) is 0 Å². The molecule has 3 nitrogen and oxygen atoms in total. The lowest BCUT2D eigenvalue weighted by atomic mass is 10.1. The average molecular weight is 299 g/mol. The molecule has 0 radical (unpaired) electrons. The summed E-state index contributed by atoms with van der Waals surface area (Å²) in [6.45, 7) is 4.16. The van der Waals surface area contributed by atoms with Crippen molar-refractivity contribution in [2.45, 2.75) is 38.3 Å². The molecule has 1 heterocycles. The fraction of sp³-hybridized carbons (Fsp3) is 0.625. The summed E-state index contributed by atoms with van der Waals surface area (Å²) in [6, 6.07) is 3.88. The minimum absolute atomic E-state index is 0.124. The lowest BCUT2D eigenvalue weighted by Gasteiger charge is -2.24. The summed E-state index contributed by atoms with van der Waals surface area (Å²) in [4.78, 5) is 0. The zero-order valence-electron chi connectivity index (χ0n) is 12.4. The van der Waals surface area contributed by atoms with Crippen molar-refractivity contribution < 1.29 is 18.3 Å². The molecule has 5 heteroatoms. The van der Waals surface area contributed by atoms with Crippen LogP contribution in [0.5, 0.6) is 0 Å². The van der Waals surface area contributed by atoms with E-state index in [-0.39, 0.29) is 12.1 Å². The number of benzene rings is 1. The van der Waals surface area contributed by atoms with Crippen molar-refractivity contribution in [3.63, 3.8) is 0 Å². The Bertz CT molecular complexity index is 436. The van der Waals surface area contributed by atoms with Gasteiger partial charge < -0.3 is 14.8 Å². The van der Waals surface area contributed by atoms with Crippen molar-refractivity contribution in [3.05, 3.63) is 35.4 Å². The number of nitrogens with one attached hydrogen (secondary N) is 1. The molecule has 1 fully saturated rings. The number of likely N-dealkylation sites (N-methyl/N-ethyl adjacent to an activating group) is 1. The third-order valence-corrected chi connectivity index (χ3v) is 3.67. The Kier molecular flexibility index (Phi) is 6.54. The van der Waals surface area contributed by atoms with Gasteiger partial charge >= 0.3 is 0 Å². The topological polar surface area (TPSA) is 30.5 Å². The molecular weight excluding hydrogens is 276 g/mol. The summed E-state index contributed by atoms with van der Waals surface area (Å²) in [6.07, 6.45) is 3.38. The monoisotopic (exact) mass is 299 g/mol. The lowest BCUT2D eigenvalue weighted by Crippen LogP contribution is -2.30. The van der Waals surface area contributed by atoms with E-state index in [2.05, 4.69) is 5.32 Å². The molecule has 1 aliphatic heterocycles. The van der Waals surface area contributed by atoms with E-state index in [9.17, 15) is 8.78 Å². The maximum Gasteiger partial charge on any atom is 0.163 e. The van der Waals surface area contributed by atoms with E-state index in [1.807, 2.05) is 6.92 Å². The predicted octanol–water partition coefficient (Wildman–Crippen LogP) is 3.20. The second kappa shape index (κ2) is 8.41. The van der Waals surface area contributed by atoms with Crippen LogP contribution in [-0.4, -0.2) is 32.5 Å². The van der Waals surface area contributed by atoms with E-state index in [4.69, 9.17) is 9.47 Å². The van der Waals surface area contributed by atoms with Crippen molar-refractivity contribution in [1.82, 2.24) is 5.32 Å².